The molecule has 0 radical (unpaired) electrons. The molecule has 0 amide bonds. The molecule has 0 heterocycles. The Hall–Kier alpha value is -1.02. The SMILES string of the molecule is Cc1ccc(C(C)C)c(OC(C)(C)C(=O)Cl)c1. The van der Waals surface area contributed by atoms with Crippen molar-refractivity contribution < 1.29 is 9.53 Å². The molecule has 94 valence electrons. The van der Waals surface area contributed by atoms with E-state index in [4.69, 9.17) is 16.3 Å². The zero-order valence-corrected chi connectivity index (χ0v) is 11.8. The van der Waals surface area contributed by atoms with Crippen molar-refractivity contribution in [1.82, 2.24) is 0 Å². The molecule has 0 bridgehead atoms. The number of rotatable bonds is 4. The smallest absolute Gasteiger partial charge is 0.264 e. The molecule has 0 atom stereocenters. The predicted molar refractivity (Wildman–Crippen MR) is 70.8 cm³/mol. The van der Waals surface area contributed by atoms with Crippen molar-refractivity contribution in [2.45, 2.75) is 46.1 Å². The molecule has 0 aromatic heterocycles. The first-order chi connectivity index (χ1) is 7.74. The fourth-order valence-electron chi connectivity index (χ4n) is 1.52. The first-order valence-electron chi connectivity index (χ1n) is 5.73. The van der Waals surface area contributed by atoms with E-state index in [9.17, 15) is 4.79 Å². The van der Waals surface area contributed by atoms with Crippen LogP contribution in [-0.2, 0) is 4.79 Å². The summed E-state index contributed by atoms with van der Waals surface area (Å²) in [6.07, 6.45) is 0. The highest BCUT2D eigenvalue weighted by molar-refractivity contribution is 6.65. The molecule has 3 heteroatoms. The molecule has 0 spiro atoms. The first kappa shape index (κ1) is 14.0. The van der Waals surface area contributed by atoms with Crippen molar-refractivity contribution in [3.05, 3.63) is 29.3 Å². The van der Waals surface area contributed by atoms with Gasteiger partial charge in [-0.3, -0.25) is 4.79 Å². The van der Waals surface area contributed by atoms with Crippen LogP contribution in [0, 0.1) is 6.92 Å². The van der Waals surface area contributed by atoms with Gasteiger partial charge in [0.25, 0.3) is 5.24 Å². The zero-order chi connectivity index (χ0) is 13.2. The van der Waals surface area contributed by atoms with Crippen LogP contribution in [0.3, 0.4) is 0 Å². The van der Waals surface area contributed by atoms with Crippen LogP contribution in [0.1, 0.15) is 44.7 Å². The van der Waals surface area contributed by atoms with Crippen LogP contribution in [0.4, 0.5) is 0 Å². The molecule has 0 saturated carbocycles. The van der Waals surface area contributed by atoms with E-state index >= 15 is 0 Å². The van der Waals surface area contributed by atoms with Crippen molar-refractivity contribution >= 4 is 16.8 Å². The maximum Gasteiger partial charge on any atom is 0.264 e. The standard InChI is InChI=1S/C14H19ClO2/c1-9(2)11-7-6-10(3)8-12(11)17-14(4,5)13(15)16/h6-9H,1-5H3. The first-order valence-corrected chi connectivity index (χ1v) is 6.11. The van der Waals surface area contributed by atoms with Gasteiger partial charge in [-0.05, 0) is 55.5 Å². The van der Waals surface area contributed by atoms with Crippen molar-refractivity contribution in [2.75, 3.05) is 0 Å². The van der Waals surface area contributed by atoms with E-state index in [1.165, 1.54) is 0 Å². The second-order valence-electron chi connectivity index (χ2n) is 5.08. The Labute approximate surface area is 108 Å². The van der Waals surface area contributed by atoms with Crippen LogP contribution in [0.15, 0.2) is 18.2 Å². The van der Waals surface area contributed by atoms with Crippen molar-refractivity contribution in [3.8, 4) is 5.75 Å². The van der Waals surface area contributed by atoms with Crippen LogP contribution in [0.5, 0.6) is 5.75 Å². The lowest BCUT2D eigenvalue weighted by Crippen LogP contribution is -2.35. The molecule has 1 aromatic rings. The van der Waals surface area contributed by atoms with Gasteiger partial charge in [0.05, 0.1) is 0 Å². The summed E-state index contributed by atoms with van der Waals surface area (Å²) in [7, 11) is 0. The molecule has 0 N–H and O–H groups in total. The van der Waals surface area contributed by atoms with Gasteiger partial charge >= 0.3 is 0 Å². The Morgan fingerprint density at radius 1 is 1.35 bits per heavy atom. The quantitative estimate of drug-likeness (QED) is 0.758. The third-order valence-electron chi connectivity index (χ3n) is 2.63. The normalized spacial score (nSPS) is 11.7. The van der Waals surface area contributed by atoms with E-state index in [-0.39, 0.29) is 0 Å². The van der Waals surface area contributed by atoms with Gasteiger partial charge in [0.2, 0.25) is 0 Å². The van der Waals surface area contributed by atoms with E-state index in [1.54, 1.807) is 13.8 Å². The van der Waals surface area contributed by atoms with E-state index in [2.05, 4.69) is 13.8 Å². The number of benzene rings is 1. The Balaban J connectivity index is 3.12. The summed E-state index contributed by atoms with van der Waals surface area (Å²) < 4.78 is 5.76. The minimum atomic E-state index is -1.00. The average molecular weight is 255 g/mol. The van der Waals surface area contributed by atoms with Gasteiger partial charge in [0.15, 0.2) is 5.60 Å². The Morgan fingerprint density at radius 3 is 2.41 bits per heavy atom. The summed E-state index contributed by atoms with van der Waals surface area (Å²) in [6, 6.07) is 6.01. The van der Waals surface area contributed by atoms with Crippen LogP contribution in [0.2, 0.25) is 0 Å². The third kappa shape index (κ3) is 3.47. The molecule has 2 nitrogen and oxygen atoms in total. The number of hydrogen-bond donors (Lipinski definition) is 0. The lowest BCUT2D eigenvalue weighted by atomic mass is 10.00. The Kier molecular flexibility index (Phi) is 4.21. The number of halogens is 1. The maximum atomic E-state index is 11.3. The summed E-state index contributed by atoms with van der Waals surface area (Å²) in [5.74, 6) is 1.07. The summed E-state index contributed by atoms with van der Waals surface area (Å²) in [5, 5.41) is -0.492. The molecule has 1 rings (SSSR count). The van der Waals surface area contributed by atoms with Crippen LogP contribution >= 0.6 is 11.6 Å². The van der Waals surface area contributed by atoms with Crippen molar-refractivity contribution in [2.24, 2.45) is 0 Å². The van der Waals surface area contributed by atoms with E-state index in [0.717, 1.165) is 16.9 Å². The van der Waals surface area contributed by atoms with E-state index < -0.39 is 10.8 Å². The number of ether oxygens (including phenoxy) is 1. The van der Waals surface area contributed by atoms with Crippen LogP contribution in [-0.4, -0.2) is 10.8 Å². The van der Waals surface area contributed by atoms with Crippen molar-refractivity contribution in [3.63, 3.8) is 0 Å². The topological polar surface area (TPSA) is 26.3 Å². The average Bonchev–Trinajstić information content (AvgIpc) is 2.15. The highest BCUT2D eigenvalue weighted by Gasteiger charge is 2.29. The van der Waals surface area contributed by atoms with Gasteiger partial charge in [0.1, 0.15) is 5.75 Å². The molecule has 1 aromatic carbocycles. The molecule has 0 aliphatic heterocycles. The van der Waals surface area contributed by atoms with Gasteiger partial charge in [-0.25, -0.2) is 0 Å². The third-order valence-corrected chi connectivity index (χ3v) is 3.08. The molecule has 0 saturated heterocycles. The lowest BCUT2D eigenvalue weighted by Gasteiger charge is -2.25. The second-order valence-corrected chi connectivity index (χ2v) is 5.43. The summed E-state index contributed by atoms with van der Waals surface area (Å²) in [5.41, 5.74) is 1.18. The summed E-state index contributed by atoms with van der Waals surface area (Å²) >= 11 is 5.53. The molecule has 0 aliphatic rings. The Morgan fingerprint density at radius 2 is 1.94 bits per heavy atom. The van der Waals surface area contributed by atoms with Gasteiger partial charge < -0.3 is 4.74 Å². The zero-order valence-electron chi connectivity index (χ0n) is 11.0. The minimum Gasteiger partial charge on any atom is -0.478 e. The largest absolute Gasteiger partial charge is 0.478 e. The number of aryl methyl sites for hydroxylation is 1. The fourth-order valence-corrected chi connectivity index (χ4v) is 1.56. The van der Waals surface area contributed by atoms with E-state index in [1.807, 2.05) is 25.1 Å². The predicted octanol–water partition coefficient (Wildman–Crippen LogP) is 4.04. The highest BCUT2D eigenvalue weighted by Crippen LogP contribution is 2.30. The van der Waals surface area contributed by atoms with Gasteiger partial charge in [-0.1, -0.05) is 26.0 Å². The number of hydrogen-bond acceptors (Lipinski definition) is 2. The Bertz CT molecular complexity index is 422. The van der Waals surface area contributed by atoms with Crippen LogP contribution < -0.4 is 4.74 Å². The number of carbonyl (C=O) groups excluding carboxylic acids is 1. The number of carbonyl (C=O) groups is 1. The summed E-state index contributed by atoms with van der Waals surface area (Å²) in [4.78, 5) is 11.3. The summed E-state index contributed by atoms with van der Waals surface area (Å²) in [6.45, 7) is 9.52. The second kappa shape index (κ2) is 5.09. The molecule has 0 aliphatic carbocycles. The van der Waals surface area contributed by atoms with Gasteiger partial charge in [-0.15, -0.1) is 0 Å². The maximum absolute atomic E-state index is 11.3. The fraction of sp³-hybridized carbons (Fsp3) is 0.500. The lowest BCUT2D eigenvalue weighted by molar-refractivity contribution is -0.123. The molecule has 0 unspecified atom stereocenters. The van der Waals surface area contributed by atoms with Crippen LogP contribution in [0.25, 0.3) is 0 Å². The monoisotopic (exact) mass is 254 g/mol. The van der Waals surface area contributed by atoms with Gasteiger partial charge in [-0.2, -0.15) is 0 Å². The molecule has 17 heavy (non-hydrogen) atoms. The minimum absolute atomic E-state index is 0.340. The molecule has 0 fully saturated rings. The highest BCUT2D eigenvalue weighted by atomic mass is 35.5. The molecular weight excluding hydrogens is 236 g/mol. The molecular formula is C14H19ClO2. The van der Waals surface area contributed by atoms with Gasteiger partial charge in [0, 0.05) is 0 Å². The van der Waals surface area contributed by atoms with Crippen molar-refractivity contribution in [1.29, 1.82) is 0 Å². The van der Waals surface area contributed by atoms with E-state index in [0.29, 0.717) is 5.92 Å².